The van der Waals surface area contributed by atoms with E-state index in [9.17, 15) is 19.2 Å². The third-order valence-electron chi connectivity index (χ3n) is 4.98. The molecule has 0 aliphatic carbocycles. The van der Waals surface area contributed by atoms with Crippen molar-refractivity contribution in [2.24, 2.45) is 0 Å². The molecule has 1 atom stereocenters. The Hall–Kier alpha value is -4.08. The summed E-state index contributed by atoms with van der Waals surface area (Å²) in [5, 5.41) is 7.22. The van der Waals surface area contributed by atoms with Crippen LogP contribution < -0.4 is 25.4 Å². The average Bonchev–Trinajstić information content (AvgIpc) is 2.98. The molecule has 6 amide bonds. The fraction of sp³-hybridized carbons (Fsp3) is 0.238. The van der Waals surface area contributed by atoms with Gasteiger partial charge in [-0.1, -0.05) is 30.3 Å². The molecular formula is C21H20N4O6. The monoisotopic (exact) mass is 424 g/mol. The van der Waals surface area contributed by atoms with Gasteiger partial charge in [-0.2, -0.15) is 0 Å². The molecule has 1 saturated heterocycles. The molecule has 10 heteroatoms. The number of ether oxygens (including phenoxy) is 2. The molecular weight excluding hydrogens is 404 g/mol. The summed E-state index contributed by atoms with van der Waals surface area (Å²) in [6.45, 7) is 1.81. The fourth-order valence-corrected chi connectivity index (χ4v) is 3.40. The molecule has 4 rings (SSSR count). The van der Waals surface area contributed by atoms with Crippen molar-refractivity contribution in [3.05, 3.63) is 54.1 Å². The highest BCUT2D eigenvalue weighted by molar-refractivity contribution is 6.10. The molecule has 2 aromatic carbocycles. The van der Waals surface area contributed by atoms with E-state index in [0.29, 0.717) is 36.0 Å². The lowest BCUT2D eigenvalue weighted by molar-refractivity contribution is -0.134. The SMILES string of the molecule is C[C@@]1(c2ccccc2)NC(=O)N(CC(=O)NC(=O)Nc2ccc3c(c2)OCCO3)C1=O. The zero-order valence-corrected chi connectivity index (χ0v) is 16.6. The minimum absolute atomic E-state index is 0.390. The van der Waals surface area contributed by atoms with E-state index >= 15 is 0 Å². The molecule has 2 aliphatic rings. The molecule has 31 heavy (non-hydrogen) atoms. The van der Waals surface area contributed by atoms with Gasteiger partial charge in [0.05, 0.1) is 0 Å². The van der Waals surface area contributed by atoms with Gasteiger partial charge >= 0.3 is 12.1 Å². The highest BCUT2D eigenvalue weighted by atomic mass is 16.6. The fourth-order valence-electron chi connectivity index (χ4n) is 3.40. The largest absolute Gasteiger partial charge is 0.486 e. The highest BCUT2D eigenvalue weighted by Crippen LogP contribution is 2.32. The average molecular weight is 424 g/mol. The van der Waals surface area contributed by atoms with Gasteiger partial charge < -0.3 is 20.1 Å². The first-order valence-corrected chi connectivity index (χ1v) is 9.57. The molecule has 2 heterocycles. The van der Waals surface area contributed by atoms with Crippen LogP contribution in [0.4, 0.5) is 15.3 Å². The Morgan fingerprint density at radius 2 is 1.77 bits per heavy atom. The number of urea groups is 2. The van der Waals surface area contributed by atoms with E-state index in [0.717, 1.165) is 4.90 Å². The standard InChI is InChI=1S/C21H20N4O6/c1-21(13-5-3-2-4-6-13)18(27)25(20(29)24-21)12-17(26)23-19(28)22-14-7-8-15-16(11-14)31-10-9-30-15/h2-8,11H,9-10,12H2,1H3,(H,24,29)(H2,22,23,26,28)/t21-/m0/s1. The molecule has 0 saturated carbocycles. The number of nitrogens with zero attached hydrogens (tertiary/aromatic N) is 1. The Kier molecular flexibility index (Phi) is 5.20. The van der Waals surface area contributed by atoms with Crippen LogP contribution in [0.2, 0.25) is 0 Å². The van der Waals surface area contributed by atoms with Crippen LogP contribution in [0.1, 0.15) is 12.5 Å². The van der Waals surface area contributed by atoms with Crippen LogP contribution in [0.15, 0.2) is 48.5 Å². The number of benzene rings is 2. The van der Waals surface area contributed by atoms with Gasteiger partial charge in [0.1, 0.15) is 25.3 Å². The first kappa shape index (κ1) is 20.2. The molecule has 2 aliphatic heterocycles. The summed E-state index contributed by atoms with van der Waals surface area (Å²) in [6, 6.07) is 12.0. The maximum Gasteiger partial charge on any atom is 0.325 e. The summed E-state index contributed by atoms with van der Waals surface area (Å²) >= 11 is 0. The third-order valence-corrected chi connectivity index (χ3v) is 4.98. The highest BCUT2D eigenvalue weighted by Gasteiger charge is 2.49. The molecule has 0 aromatic heterocycles. The van der Waals surface area contributed by atoms with Crippen LogP contribution in [0.25, 0.3) is 0 Å². The maximum absolute atomic E-state index is 12.8. The van der Waals surface area contributed by atoms with E-state index < -0.39 is 36.0 Å². The Labute approximate surface area is 177 Å². The second-order valence-corrected chi connectivity index (χ2v) is 7.17. The van der Waals surface area contributed by atoms with Crippen LogP contribution in [0.5, 0.6) is 11.5 Å². The summed E-state index contributed by atoms with van der Waals surface area (Å²) in [6.07, 6.45) is 0. The second kappa shape index (κ2) is 7.98. The van der Waals surface area contributed by atoms with Crippen molar-refractivity contribution in [1.82, 2.24) is 15.5 Å². The van der Waals surface area contributed by atoms with Crippen molar-refractivity contribution in [3.63, 3.8) is 0 Å². The van der Waals surface area contributed by atoms with E-state index in [-0.39, 0.29) is 0 Å². The summed E-state index contributed by atoms with van der Waals surface area (Å²) < 4.78 is 10.9. The lowest BCUT2D eigenvalue weighted by Gasteiger charge is -2.22. The minimum atomic E-state index is -1.29. The summed E-state index contributed by atoms with van der Waals surface area (Å²) in [4.78, 5) is 50.3. The lowest BCUT2D eigenvalue weighted by atomic mass is 9.92. The van der Waals surface area contributed by atoms with Gasteiger partial charge in [0, 0.05) is 11.8 Å². The van der Waals surface area contributed by atoms with E-state index in [1.54, 1.807) is 55.5 Å². The molecule has 0 radical (unpaired) electrons. The second-order valence-electron chi connectivity index (χ2n) is 7.17. The lowest BCUT2D eigenvalue weighted by Crippen LogP contribution is -2.45. The van der Waals surface area contributed by atoms with Crippen molar-refractivity contribution in [2.75, 3.05) is 25.1 Å². The number of hydrogen-bond donors (Lipinski definition) is 3. The normalized spacial score (nSPS) is 19.6. The van der Waals surface area contributed by atoms with Crippen molar-refractivity contribution in [1.29, 1.82) is 0 Å². The summed E-state index contributed by atoms with van der Waals surface area (Å²) in [5.41, 5.74) is -0.305. The minimum Gasteiger partial charge on any atom is -0.486 e. The number of rotatable bonds is 4. The van der Waals surface area contributed by atoms with Gasteiger partial charge in [-0.25, -0.2) is 9.59 Å². The molecule has 0 unspecified atom stereocenters. The van der Waals surface area contributed by atoms with Crippen LogP contribution in [-0.2, 0) is 15.1 Å². The van der Waals surface area contributed by atoms with E-state index in [1.807, 2.05) is 0 Å². The van der Waals surface area contributed by atoms with Crippen LogP contribution >= 0.6 is 0 Å². The Bertz CT molecular complexity index is 1060. The number of hydrogen-bond acceptors (Lipinski definition) is 6. The predicted molar refractivity (Wildman–Crippen MR) is 109 cm³/mol. The van der Waals surface area contributed by atoms with Gasteiger partial charge in [-0.15, -0.1) is 0 Å². The first-order chi connectivity index (χ1) is 14.9. The molecule has 2 aromatic rings. The number of amides is 6. The first-order valence-electron chi connectivity index (χ1n) is 9.57. The number of carbonyl (C=O) groups excluding carboxylic acids is 4. The van der Waals surface area contributed by atoms with Gasteiger partial charge in [-0.3, -0.25) is 19.8 Å². The molecule has 0 bridgehead atoms. The van der Waals surface area contributed by atoms with Gasteiger partial charge in [-0.05, 0) is 24.6 Å². The summed E-state index contributed by atoms with van der Waals surface area (Å²) in [7, 11) is 0. The number of carbonyl (C=O) groups is 4. The smallest absolute Gasteiger partial charge is 0.325 e. The summed E-state index contributed by atoms with van der Waals surface area (Å²) in [5.74, 6) is -0.342. The predicted octanol–water partition coefficient (Wildman–Crippen LogP) is 1.57. The maximum atomic E-state index is 12.8. The Morgan fingerprint density at radius 1 is 1.06 bits per heavy atom. The van der Waals surface area contributed by atoms with Crippen LogP contribution in [0.3, 0.4) is 0 Å². The van der Waals surface area contributed by atoms with E-state index in [2.05, 4.69) is 16.0 Å². The number of imide groups is 2. The van der Waals surface area contributed by atoms with E-state index in [4.69, 9.17) is 9.47 Å². The van der Waals surface area contributed by atoms with Gasteiger partial charge in [0.15, 0.2) is 11.5 Å². The zero-order valence-electron chi connectivity index (χ0n) is 16.6. The molecule has 160 valence electrons. The van der Waals surface area contributed by atoms with Crippen LogP contribution in [-0.4, -0.2) is 48.5 Å². The van der Waals surface area contributed by atoms with Crippen LogP contribution in [0, 0.1) is 0 Å². The topological polar surface area (TPSA) is 126 Å². The van der Waals surface area contributed by atoms with Crippen molar-refractivity contribution in [2.45, 2.75) is 12.5 Å². The molecule has 1 fully saturated rings. The quantitative estimate of drug-likeness (QED) is 0.640. The van der Waals surface area contributed by atoms with Crippen molar-refractivity contribution in [3.8, 4) is 11.5 Å². The molecule has 3 N–H and O–H groups in total. The number of nitrogens with one attached hydrogen (secondary N) is 3. The van der Waals surface area contributed by atoms with Crippen molar-refractivity contribution >= 4 is 29.6 Å². The molecule has 0 spiro atoms. The van der Waals surface area contributed by atoms with Crippen molar-refractivity contribution < 1.29 is 28.7 Å². The third kappa shape index (κ3) is 4.00. The molecule has 10 nitrogen and oxygen atoms in total. The Morgan fingerprint density at radius 3 is 2.52 bits per heavy atom. The Balaban J connectivity index is 1.37. The van der Waals surface area contributed by atoms with Gasteiger partial charge in [0.25, 0.3) is 5.91 Å². The van der Waals surface area contributed by atoms with Gasteiger partial charge in [0.2, 0.25) is 5.91 Å². The number of fused-ring (bicyclic) bond motifs is 1. The van der Waals surface area contributed by atoms with E-state index in [1.165, 1.54) is 0 Å². The number of anilines is 1. The zero-order chi connectivity index (χ0) is 22.0.